The Hall–Kier alpha value is -2.75. The third-order valence-electron chi connectivity index (χ3n) is 2.72. The molecule has 10 nitrogen and oxygen atoms in total. The first-order valence-corrected chi connectivity index (χ1v) is 6.14. The van der Waals surface area contributed by atoms with Gasteiger partial charge in [-0.25, -0.2) is 5.84 Å². The Morgan fingerprint density at radius 3 is 2.14 bits per heavy atom. The zero-order valence-electron chi connectivity index (χ0n) is 11.3. The summed E-state index contributed by atoms with van der Waals surface area (Å²) < 4.78 is 0. The number of nitrogen functional groups attached to an aromatic ring is 1. The highest BCUT2D eigenvalue weighted by atomic mass is 16.6. The van der Waals surface area contributed by atoms with Gasteiger partial charge in [-0.1, -0.05) is 13.3 Å². The second-order valence-electron chi connectivity index (χ2n) is 4.16. The van der Waals surface area contributed by atoms with E-state index in [1.807, 2.05) is 6.92 Å². The molecule has 1 aromatic carbocycles. The number of nitrogens with one attached hydrogen (secondary N) is 2. The van der Waals surface area contributed by atoms with Gasteiger partial charge in [0.15, 0.2) is 5.69 Å². The molecule has 0 fully saturated rings. The first-order chi connectivity index (χ1) is 9.92. The molecule has 0 radical (unpaired) electrons. The van der Waals surface area contributed by atoms with Gasteiger partial charge in [0.25, 0.3) is 17.3 Å². The molecule has 21 heavy (non-hydrogen) atoms. The molecule has 0 aliphatic heterocycles. The predicted molar refractivity (Wildman–Crippen MR) is 74.8 cm³/mol. The Morgan fingerprint density at radius 1 is 1.24 bits per heavy atom. The van der Waals surface area contributed by atoms with Crippen molar-refractivity contribution in [3.05, 3.63) is 37.9 Å². The Morgan fingerprint density at radius 2 is 1.76 bits per heavy atom. The molecule has 0 aliphatic carbocycles. The molecule has 0 aliphatic rings. The molecular formula is C11H15N5O5. The maximum Gasteiger partial charge on any atom is 0.300 e. The fourth-order valence-electron chi connectivity index (χ4n) is 1.69. The number of unbranched alkanes of at least 4 members (excludes halogenated alkanes) is 1. The minimum Gasteiger partial charge on any atom is -0.374 e. The highest BCUT2D eigenvalue weighted by Crippen LogP contribution is 2.35. The number of anilines is 1. The molecule has 114 valence electrons. The van der Waals surface area contributed by atoms with Crippen LogP contribution < -0.4 is 16.6 Å². The van der Waals surface area contributed by atoms with Crippen LogP contribution in [0.15, 0.2) is 12.1 Å². The lowest BCUT2D eigenvalue weighted by Gasteiger charge is -2.09. The highest BCUT2D eigenvalue weighted by molar-refractivity contribution is 5.97. The van der Waals surface area contributed by atoms with Crippen LogP contribution in [0.25, 0.3) is 0 Å². The second kappa shape index (κ2) is 7.14. The summed E-state index contributed by atoms with van der Waals surface area (Å²) in [5.74, 6) is 4.09. The number of nitrogens with two attached hydrogens (primary N) is 1. The summed E-state index contributed by atoms with van der Waals surface area (Å²) in [5, 5.41) is 24.8. The van der Waals surface area contributed by atoms with Crippen molar-refractivity contribution in [3.63, 3.8) is 0 Å². The minimum atomic E-state index is -0.846. The number of carbonyl (C=O) groups is 1. The maximum atomic E-state index is 11.4. The van der Waals surface area contributed by atoms with Crippen molar-refractivity contribution >= 4 is 23.0 Å². The molecule has 0 aromatic heterocycles. The van der Waals surface area contributed by atoms with E-state index < -0.39 is 27.1 Å². The van der Waals surface area contributed by atoms with Crippen LogP contribution in [0.5, 0.6) is 0 Å². The summed E-state index contributed by atoms with van der Waals surface area (Å²) in [4.78, 5) is 32.0. The van der Waals surface area contributed by atoms with Gasteiger partial charge >= 0.3 is 0 Å². The summed E-state index contributed by atoms with van der Waals surface area (Å²) in [5.41, 5.74) is 0.227. The topological polar surface area (TPSA) is 153 Å². The van der Waals surface area contributed by atoms with Crippen LogP contribution in [-0.4, -0.2) is 22.3 Å². The zero-order valence-corrected chi connectivity index (χ0v) is 11.3. The lowest BCUT2D eigenvalue weighted by Crippen LogP contribution is -2.30. The molecular weight excluding hydrogens is 282 g/mol. The van der Waals surface area contributed by atoms with Crippen LogP contribution in [0, 0.1) is 20.2 Å². The molecule has 10 heteroatoms. The van der Waals surface area contributed by atoms with E-state index >= 15 is 0 Å². The SMILES string of the molecule is CCCCNc1c([N+](=O)[O-])cc(C(=O)NN)cc1[N+](=O)[O-]. The minimum absolute atomic E-state index is 0.216. The zero-order chi connectivity index (χ0) is 16.0. The number of carbonyl (C=O) groups excluding carboxylic acids is 1. The smallest absolute Gasteiger partial charge is 0.300 e. The Labute approximate surface area is 119 Å². The third-order valence-corrected chi connectivity index (χ3v) is 2.72. The number of benzene rings is 1. The average molecular weight is 297 g/mol. The number of hydrogen-bond donors (Lipinski definition) is 3. The van der Waals surface area contributed by atoms with Gasteiger partial charge in [-0.2, -0.15) is 0 Å². The highest BCUT2D eigenvalue weighted by Gasteiger charge is 2.28. The quantitative estimate of drug-likeness (QED) is 0.225. The number of hydrazine groups is 1. The summed E-state index contributed by atoms with van der Waals surface area (Å²) in [6, 6.07) is 1.90. The Bertz CT molecular complexity index is 539. The maximum absolute atomic E-state index is 11.4. The van der Waals surface area contributed by atoms with E-state index in [1.165, 1.54) is 0 Å². The molecule has 0 saturated heterocycles. The number of amides is 1. The lowest BCUT2D eigenvalue weighted by atomic mass is 10.1. The molecule has 0 saturated carbocycles. The standard InChI is InChI=1S/C11H15N5O5/c1-2-3-4-13-10-8(15(18)19)5-7(11(17)14-12)6-9(10)16(20)21/h5-6,13H,2-4,12H2,1H3,(H,14,17). The molecule has 1 rings (SSSR count). The van der Waals surface area contributed by atoms with Crippen molar-refractivity contribution in [2.45, 2.75) is 19.8 Å². The average Bonchev–Trinajstić information content (AvgIpc) is 2.45. The molecule has 0 bridgehead atoms. The largest absolute Gasteiger partial charge is 0.374 e. The van der Waals surface area contributed by atoms with Gasteiger partial charge < -0.3 is 5.32 Å². The monoisotopic (exact) mass is 297 g/mol. The van der Waals surface area contributed by atoms with Crippen molar-refractivity contribution in [1.29, 1.82) is 0 Å². The number of rotatable bonds is 7. The van der Waals surface area contributed by atoms with E-state index in [-0.39, 0.29) is 11.3 Å². The van der Waals surface area contributed by atoms with Crippen molar-refractivity contribution in [2.75, 3.05) is 11.9 Å². The Kier molecular flexibility index (Phi) is 5.55. The Balaban J connectivity index is 3.40. The molecule has 4 N–H and O–H groups in total. The summed E-state index contributed by atoms with van der Waals surface area (Å²) >= 11 is 0. The van der Waals surface area contributed by atoms with Crippen LogP contribution in [0.1, 0.15) is 30.1 Å². The van der Waals surface area contributed by atoms with Gasteiger partial charge in [-0.3, -0.25) is 30.4 Å². The molecule has 0 heterocycles. The number of nitrogens with zero attached hydrogens (tertiary/aromatic N) is 2. The van der Waals surface area contributed by atoms with E-state index in [2.05, 4.69) is 5.32 Å². The summed E-state index contributed by atoms with van der Waals surface area (Å²) in [6.45, 7) is 2.26. The number of hydrogen-bond acceptors (Lipinski definition) is 7. The van der Waals surface area contributed by atoms with E-state index in [0.29, 0.717) is 13.0 Å². The molecule has 1 amide bonds. The van der Waals surface area contributed by atoms with E-state index in [4.69, 9.17) is 5.84 Å². The molecule has 0 spiro atoms. The fourth-order valence-corrected chi connectivity index (χ4v) is 1.69. The van der Waals surface area contributed by atoms with Gasteiger partial charge in [-0.05, 0) is 6.42 Å². The van der Waals surface area contributed by atoms with Crippen molar-refractivity contribution in [3.8, 4) is 0 Å². The summed E-state index contributed by atoms with van der Waals surface area (Å²) in [6.07, 6.45) is 1.52. The normalized spacial score (nSPS) is 10.0. The number of nitro benzene ring substituents is 2. The van der Waals surface area contributed by atoms with Crippen LogP contribution in [-0.2, 0) is 0 Å². The second-order valence-corrected chi connectivity index (χ2v) is 4.16. The van der Waals surface area contributed by atoms with Crippen LogP contribution >= 0.6 is 0 Å². The molecule has 0 unspecified atom stereocenters. The number of nitro groups is 2. The van der Waals surface area contributed by atoms with Gasteiger partial charge in [0.1, 0.15) is 0 Å². The predicted octanol–water partition coefficient (Wildman–Crippen LogP) is 1.32. The van der Waals surface area contributed by atoms with Crippen molar-refractivity contribution in [1.82, 2.24) is 5.43 Å². The first-order valence-electron chi connectivity index (χ1n) is 6.14. The van der Waals surface area contributed by atoms with Gasteiger partial charge in [0, 0.05) is 18.7 Å². The van der Waals surface area contributed by atoms with Gasteiger partial charge in [0.2, 0.25) is 0 Å². The molecule has 0 atom stereocenters. The van der Waals surface area contributed by atoms with E-state index in [1.54, 1.807) is 5.43 Å². The third kappa shape index (κ3) is 3.86. The first kappa shape index (κ1) is 16.3. The van der Waals surface area contributed by atoms with Gasteiger partial charge in [-0.15, -0.1) is 0 Å². The van der Waals surface area contributed by atoms with Gasteiger partial charge in [0.05, 0.1) is 15.4 Å². The van der Waals surface area contributed by atoms with E-state index in [0.717, 1.165) is 18.6 Å². The van der Waals surface area contributed by atoms with Crippen LogP contribution in [0.4, 0.5) is 17.1 Å². The fraction of sp³-hybridized carbons (Fsp3) is 0.364. The van der Waals surface area contributed by atoms with Crippen molar-refractivity contribution < 1.29 is 14.6 Å². The van der Waals surface area contributed by atoms with Crippen LogP contribution in [0.2, 0.25) is 0 Å². The van der Waals surface area contributed by atoms with E-state index in [9.17, 15) is 25.0 Å². The lowest BCUT2D eigenvalue weighted by molar-refractivity contribution is -0.392. The summed E-state index contributed by atoms with van der Waals surface area (Å²) in [7, 11) is 0. The van der Waals surface area contributed by atoms with Crippen molar-refractivity contribution in [2.24, 2.45) is 5.84 Å². The molecule has 1 aromatic rings. The van der Waals surface area contributed by atoms with Crippen LogP contribution in [0.3, 0.4) is 0 Å².